The van der Waals surface area contributed by atoms with Crippen LogP contribution in [0.25, 0.3) is 11.4 Å². The Morgan fingerprint density at radius 1 is 1.17 bits per heavy atom. The number of aryl methyl sites for hydroxylation is 2. The summed E-state index contributed by atoms with van der Waals surface area (Å²) in [5.74, 6) is 0.398. The highest BCUT2D eigenvalue weighted by Crippen LogP contribution is 2.32. The molecular formula is C22H20F3N3O2. The molecule has 2 aromatic carbocycles. The maximum absolute atomic E-state index is 12.9. The van der Waals surface area contributed by atoms with E-state index in [9.17, 15) is 18.0 Å². The van der Waals surface area contributed by atoms with Crippen LogP contribution in [0.4, 0.5) is 13.2 Å². The van der Waals surface area contributed by atoms with Crippen LogP contribution < -0.4 is 0 Å². The number of halogens is 3. The minimum absolute atomic E-state index is 0.108. The number of rotatable bonds is 4. The minimum atomic E-state index is -4.41. The van der Waals surface area contributed by atoms with E-state index in [1.54, 1.807) is 6.07 Å². The second-order valence-electron chi connectivity index (χ2n) is 7.65. The minimum Gasteiger partial charge on any atom is -0.339 e. The Hall–Kier alpha value is -3.16. The SMILES string of the molecule is Cc1ccc(-c2noc(C3CC(=O)N(Cc4cccc(C(F)(F)F)c4)C3)n2)c(C)c1. The van der Waals surface area contributed by atoms with Crippen molar-refractivity contribution in [1.29, 1.82) is 0 Å². The lowest BCUT2D eigenvalue weighted by molar-refractivity contribution is -0.137. The highest BCUT2D eigenvalue weighted by Gasteiger charge is 2.35. The molecule has 0 aliphatic carbocycles. The average molecular weight is 415 g/mol. The first-order chi connectivity index (χ1) is 14.2. The van der Waals surface area contributed by atoms with Crippen molar-refractivity contribution in [2.45, 2.75) is 38.9 Å². The van der Waals surface area contributed by atoms with Gasteiger partial charge in [-0.3, -0.25) is 4.79 Å². The third kappa shape index (κ3) is 4.08. The summed E-state index contributed by atoms with van der Waals surface area (Å²) in [7, 11) is 0. The van der Waals surface area contributed by atoms with Gasteiger partial charge in [-0.1, -0.05) is 41.1 Å². The van der Waals surface area contributed by atoms with Crippen molar-refractivity contribution in [3.05, 3.63) is 70.6 Å². The van der Waals surface area contributed by atoms with E-state index in [4.69, 9.17) is 4.52 Å². The molecule has 156 valence electrons. The van der Waals surface area contributed by atoms with Gasteiger partial charge < -0.3 is 9.42 Å². The summed E-state index contributed by atoms with van der Waals surface area (Å²) >= 11 is 0. The number of carbonyl (C=O) groups excluding carboxylic acids is 1. The first-order valence-electron chi connectivity index (χ1n) is 9.56. The molecule has 5 nitrogen and oxygen atoms in total. The lowest BCUT2D eigenvalue weighted by Crippen LogP contribution is -2.24. The second kappa shape index (κ2) is 7.59. The fourth-order valence-corrected chi connectivity index (χ4v) is 3.73. The zero-order chi connectivity index (χ0) is 21.5. The molecule has 2 heterocycles. The monoisotopic (exact) mass is 415 g/mol. The van der Waals surface area contributed by atoms with E-state index >= 15 is 0 Å². The van der Waals surface area contributed by atoms with Crippen molar-refractivity contribution in [2.75, 3.05) is 6.54 Å². The van der Waals surface area contributed by atoms with Gasteiger partial charge in [-0.05, 0) is 37.1 Å². The summed E-state index contributed by atoms with van der Waals surface area (Å²) in [6.45, 7) is 4.40. The first kappa shape index (κ1) is 20.1. The number of aromatic nitrogens is 2. The fourth-order valence-electron chi connectivity index (χ4n) is 3.73. The van der Waals surface area contributed by atoms with Gasteiger partial charge in [0.15, 0.2) is 0 Å². The van der Waals surface area contributed by atoms with Crippen LogP contribution in [0, 0.1) is 13.8 Å². The van der Waals surface area contributed by atoms with Crippen LogP contribution in [-0.4, -0.2) is 27.5 Å². The molecule has 1 atom stereocenters. The smallest absolute Gasteiger partial charge is 0.339 e. The number of hydrogen-bond acceptors (Lipinski definition) is 4. The Morgan fingerprint density at radius 3 is 2.70 bits per heavy atom. The van der Waals surface area contributed by atoms with Crippen LogP contribution >= 0.6 is 0 Å². The van der Waals surface area contributed by atoms with Gasteiger partial charge in [0.2, 0.25) is 17.6 Å². The number of alkyl halides is 3. The Balaban J connectivity index is 1.49. The predicted octanol–water partition coefficient (Wildman–Crippen LogP) is 4.89. The molecule has 1 unspecified atom stereocenters. The molecule has 4 rings (SSSR count). The van der Waals surface area contributed by atoms with E-state index in [0.29, 0.717) is 23.8 Å². The van der Waals surface area contributed by atoms with Gasteiger partial charge in [-0.2, -0.15) is 18.2 Å². The molecule has 1 amide bonds. The normalized spacial score (nSPS) is 17.0. The second-order valence-corrected chi connectivity index (χ2v) is 7.65. The summed E-state index contributed by atoms with van der Waals surface area (Å²) in [4.78, 5) is 18.4. The van der Waals surface area contributed by atoms with Crippen molar-refractivity contribution in [1.82, 2.24) is 15.0 Å². The molecule has 1 saturated heterocycles. The molecule has 0 spiro atoms. The summed E-state index contributed by atoms with van der Waals surface area (Å²) in [6, 6.07) is 11.0. The topological polar surface area (TPSA) is 59.2 Å². The van der Waals surface area contributed by atoms with Crippen molar-refractivity contribution in [3.8, 4) is 11.4 Å². The summed E-state index contributed by atoms with van der Waals surface area (Å²) in [6.07, 6.45) is -4.23. The highest BCUT2D eigenvalue weighted by atomic mass is 19.4. The largest absolute Gasteiger partial charge is 0.416 e. The van der Waals surface area contributed by atoms with Crippen LogP contribution in [0.2, 0.25) is 0 Å². The van der Waals surface area contributed by atoms with Gasteiger partial charge in [0.25, 0.3) is 0 Å². The molecule has 30 heavy (non-hydrogen) atoms. The molecule has 8 heteroatoms. The highest BCUT2D eigenvalue weighted by molar-refractivity contribution is 5.79. The summed E-state index contributed by atoms with van der Waals surface area (Å²) in [5, 5.41) is 4.05. The quantitative estimate of drug-likeness (QED) is 0.609. The molecule has 1 aliphatic heterocycles. The van der Waals surface area contributed by atoms with Crippen LogP contribution in [0.5, 0.6) is 0 Å². The summed E-state index contributed by atoms with van der Waals surface area (Å²) in [5.41, 5.74) is 2.72. The van der Waals surface area contributed by atoms with E-state index in [-0.39, 0.29) is 24.8 Å². The van der Waals surface area contributed by atoms with Gasteiger partial charge in [0.1, 0.15) is 0 Å². The number of carbonyl (C=O) groups is 1. The zero-order valence-corrected chi connectivity index (χ0v) is 16.5. The molecule has 1 aromatic heterocycles. The maximum Gasteiger partial charge on any atom is 0.416 e. The molecule has 0 saturated carbocycles. The van der Waals surface area contributed by atoms with E-state index in [1.807, 2.05) is 32.0 Å². The molecular weight excluding hydrogens is 395 g/mol. The third-order valence-corrected chi connectivity index (χ3v) is 5.26. The van der Waals surface area contributed by atoms with Gasteiger partial charge in [0.05, 0.1) is 11.5 Å². The molecule has 0 N–H and O–H groups in total. The van der Waals surface area contributed by atoms with Crippen molar-refractivity contribution in [3.63, 3.8) is 0 Å². The Labute approximate surface area is 171 Å². The third-order valence-electron chi connectivity index (χ3n) is 5.26. The number of nitrogens with zero attached hydrogens (tertiary/aromatic N) is 3. The molecule has 3 aromatic rings. The van der Waals surface area contributed by atoms with E-state index in [0.717, 1.165) is 28.8 Å². The van der Waals surface area contributed by atoms with E-state index < -0.39 is 11.7 Å². The molecule has 1 fully saturated rings. The fraction of sp³-hybridized carbons (Fsp3) is 0.318. The Morgan fingerprint density at radius 2 is 1.97 bits per heavy atom. The van der Waals surface area contributed by atoms with Crippen molar-refractivity contribution < 1.29 is 22.5 Å². The van der Waals surface area contributed by atoms with Crippen molar-refractivity contribution in [2.24, 2.45) is 0 Å². The number of benzene rings is 2. The van der Waals surface area contributed by atoms with Crippen molar-refractivity contribution >= 4 is 5.91 Å². The van der Waals surface area contributed by atoms with Crippen LogP contribution in [0.1, 0.15) is 40.5 Å². The Kier molecular flexibility index (Phi) is 5.09. The standard InChI is InChI=1S/C22H20F3N3O2/c1-13-6-7-18(14(2)8-13)20-26-21(30-27-20)16-10-19(29)28(12-16)11-15-4-3-5-17(9-15)22(23,24)25/h3-9,16H,10-12H2,1-2H3. The number of likely N-dealkylation sites (tertiary alicyclic amines) is 1. The Bertz CT molecular complexity index is 1090. The van der Waals surface area contributed by atoms with Crippen LogP contribution in [-0.2, 0) is 17.5 Å². The van der Waals surface area contributed by atoms with Gasteiger partial charge in [0, 0.05) is 25.1 Å². The molecule has 0 bridgehead atoms. The van der Waals surface area contributed by atoms with Crippen LogP contribution in [0.15, 0.2) is 47.0 Å². The van der Waals surface area contributed by atoms with E-state index in [1.165, 1.54) is 11.0 Å². The van der Waals surface area contributed by atoms with E-state index in [2.05, 4.69) is 10.1 Å². The van der Waals surface area contributed by atoms with Gasteiger partial charge >= 0.3 is 6.18 Å². The summed E-state index contributed by atoms with van der Waals surface area (Å²) < 4.78 is 44.2. The van der Waals surface area contributed by atoms with Gasteiger partial charge in [-0.15, -0.1) is 0 Å². The predicted molar refractivity (Wildman–Crippen MR) is 103 cm³/mol. The molecule has 1 aliphatic rings. The lowest BCUT2D eigenvalue weighted by atomic mass is 10.1. The lowest BCUT2D eigenvalue weighted by Gasteiger charge is -2.17. The first-order valence-corrected chi connectivity index (χ1v) is 9.56. The molecule has 0 radical (unpaired) electrons. The zero-order valence-electron chi connectivity index (χ0n) is 16.5. The number of hydrogen-bond donors (Lipinski definition) is 0. The average Bonchev–Trinajstić information content (AvgIpc) is 3.29. The maximum atomic E-state index is 12.9. The van der Waals surface area contributed by atoms with Gasteiger partial charge in [-0.25, -0.2) is 0 Å². The van der Waals surface area contributed by atoms with Crippen LogP contribution in [0.3, 0.4) is 0 Å². The number of amides is 1.